The lowest BCUT2D eigenvalue weighted by Crippen LogP contribution is -2.37. The molecule has 0 bridgehead atoms. The summed E-state index contributed by atoms with van der Waals surface area (Å²) in [5, 5.41) is 0. The molecule has 0 radical (unpaired) electrons. The first-order valence-corrected chi connectivity index (χ1v) is 6.25. The van der Waals surface area contributed by atoms with Crippen LogP contribution in [0.25, 0.3) is 0 Å². The molecule has 0 spiro atoms. The van der Waals surface area contributed by atoms with Crippen molar-refractivity contribution in [3.8, 4) is 0 Å². The van der Waals surface area contributed by atoms with Crippen LogP contribution in [0.15, 0.2) is 34.9 Å². The van der Waals surface area contributed by atoms with E-state index in [-0.39, 0.29) is 0 Å². The van der Waals surface area contributed by atoms with E-state index in [0.29, 0.717) is 38.8 Å². The van der Waals surface area contributed by atoms with Gasteiger partial charge in [0, 0.05) is 18.3 Å². The van der Waals surface area contributed by atoms with Crippen molar-refractivity contribution in [2.75, 3.05) is 21.3 Å². The number of rotatable bonds is 2. The third-order valence-corrected chi connectivity index (χ3v) is 3.75. The SMILES string of the molecule is COC(=O)C1C(N)=C2C(=CC=C(OC)C2=S=O)N1C. The molecule has 0 aromatic rings. The van der Waals surface area contributed by atoms with Crippen molar-refractivity contribution in [1.82, 2.24) is 4.90 Å². The Morgan fingerprint density at radius 3 is 2.63 bits per heavy atom. The topological polar surface area (TPSA) is 81.9 Å². The predicted molar refractivity (Wildman–Crippen MR) is 71.1 cm³/mol. The first kappa shape index (κ1) is 13.4. The Labute approximate surface area is 114 Å². The normalized spacial score (nSPS) is 21.7. The lowest BCUT2D eigenvalue weighted by Gasteiger charge is -2.23. The summed E-state index contributed by atoms with van der Waals surface area (Å²) in [6.07, 6.45) is 3.45. The van der Waals surface area contributed by atoms with Crippen LogP contribution >= 0.6 is 0 Å². The fourth-order valence-electron chi connectivity index (χ4n) is 2.25. The molecule has 1 unspecified atom stereocenters. The molecular weight excluding hydrogens is 268 g/mol. The average Bonchev–Trinajstić information content (AvgIpc) is 2.69. The number of ether oxygens (including phenoxy) is 2. The number of hydrogen-bond donors (Lipinski definition) is 1. The van der Waals surface area contributed by atoms with Crippen molar-refractivity contribution >= 4 is 22.1 Å². The molecular formula is C12H14N2O4S. The Balaban J connectivity index is 2.59. The Morgan fingerprint density at radius 1 is 1.42 bits per heavy atom. The van der Waals surface area contributed by atoms with Gasteiger partial charge in [-0.3, -0.25) is 0 Å². The van der Waals surface area contributed by atoms with Gasteiger partial charge in [-0.2, -0.15) is 0 Å². The van der Waals surface area contributed by atoms with E-state index in [9.17, 15) is 9.00 Å². The van der Waals surface area contributed by atoms with Crippen molar-refractivity contribution in [3.05, 3.63) is 34.9 Å². The van der Waals surface area contributed by atoms with E-state index in [0.717, 1.165) is 0 Å². The first-order valence-electron chi connectivity index (χ1n) is 5.51. The highest BCUT2D eigenvalue weighted by Crippen LogP contribution is 2.35. The lowest BCUT2D eigenvalue weighted by molar-refractivity contribution is -0.144. The van der Waals surface area contributed by atoms with Crippen LogP contribution in [0, 0.1) is 0 Å². The number of methoxy groups -OCH3 is 2. The molecule has 1 aliphatic carbocycles. The maximum atomic E-state index is 11.8. The number of carbonyl (C=O) groups excluding carboxylic acids is 1. The van der Waals surface area contributed by atoms with Crippen LogP contribution in [-0.2, 0) is 25.5 Å². The van der Waals surface area contributed by atoms with Crippen LogP contribution in [0.1, 0.15) is 0 Å². The molecule has 0 amide bonds. The molecule has 0 aromatic carbocycles. The number of fused-ring (bicyclic) bond motifs is 1. The van der Waals surface area contributed by atoms with Crippen molar-refractivity contribution < 1.29 is 18.5 Å². The molecule has 7 heteroatoms. The molecule has 0 saturated carbocycles. The summed E-state index contributed by atoms with van der Waals surface area (Å²) in [5.74, 6) is -0.0161. The van der Waals surface area contributed by atoms with E-state index in [1.165, 1.54) is 14.2 Å². The highest BCUT2D eigenvalue weighted by molar-refractivity contribution is 7.67. The van der Waals surface area contributed by atoms with Gasteiger partial charge in [-0.25, -0.2) is 9.00 Å². The highest BCUT2D eigenvalue weighted by Gasteiger charge is 2.41. The Hall–Kier alpha value is -2.02. The summed E-state index contributed by atoms with van der Waals surface area (Å²) in [4.78, 5) is 13.9. The van der Waals surface area contributed by atoms with Gasteiger partial charge in [-0.05, 0) is 12.2 Å². The fourth-order valence-corrected chi connectivity index (χ4v) is 2.79. The van der Waals surface area contributed by atoms with Crippen molar-refractivity contribution in [2.45, 2.75) is 6.04 Å². The van der Waals surface area contributed by atoms with Crippen LogP contribution in [0.2, 0.25) is 0 Å². The minimum atomic E-state index is -0.710. The number of nitrogens with zero attached hydrogens (tertiary/aromatic N) is 1. The second kappa shape index (κ2) is 4.93. The molecule has 0 saturated heterocycles. The average molecular weight is 282 g/mol. The smallest absolute Gasteiger partial charge is 0.334 e. The molecule has 0 fully saturated rings. The van der Waals surface area contributed by atoms with Gasteiger partial charge < -0.3 is 20.1 Å². The van der Waals surface area contributed by atoms with E-state index < -0.39 is 12.0 Å². The largest absolute Gasteiger partial charge is 0.495 e. The summed E-state index contributed by atoms with van der Waals surface area (Å²) in [5.41, 5.74) is 7.60. The molecule has 19 heavy (non-hydrogen) atoms. The van der Waals surface area contributed by atoms with E-state index in [2.05, 4.69) is 0 Å². The molecule has 1 aliphatic heterocycles. The number of nitrogens with two attached hydrogens (primary N) is 1. The van der Waals surface area contributed by atoms with Crippen molar-refractivity contribution in [2.24, 2.45) is 5.73 Å². The zero-order valence-electron chi connectivity index (χ0n) is 10.8. The second-order valence-corrected chi connectivity index (χ2v) is 4.64. The summed E-state index contributed by atoms with van der Waals surface area (Å²) >= 11 is 0.298. The third-order valence-electron chi connectivity index (χ3n) is 3.18. The monoisotopic (exact) mass is 282 g/mol. The van der Waals surface area contributed by atoms with Gasteiger partial charge in [0.15, 0.2) is 6.04 Å². The van der Waals surface area contributed by atoms with Crippen molar-refractivity contribution in [3.63, 3.8) is 0 Å². The van der Waals surface area contributed by atoms with Crippen LogP contribution in [-0.4, -0.2) is 47.3 Å². The van der Waals surface area contributed by atoms with E-state index in [1.54, 1.807) is 24.1 Å². The van der Waals surface area contributed by atoms with Gasteiger partial charge in [0.2, 0.25) is 0 Å². The standard InChI is InChI=1S/C12H14N2O4S/c1-14-6-4-5-7(17-2)11(19-16)8(6)9(13)10(14)12(15)18-3/h4-5,10H,13H2,1-3H3. The Kier molecular flexibility index (Phi) is 3.48. The molecule has 2 rings (SSSR count). The fraction of sp³-hybridized carbons (Fsp3) is 0.333. The minimum Gasteiger partial charge on any atom is -0.495 e. The summed E-state index contributed by atoms with van der Waals surface area (Å²) in [6.45, 7) is 0. The molecule has 102 valence electrons. The summed E-state index contributed by atoms with van der Waals surface area (Å²) in [7, 11) is 4.51. The van der Waals surface area contributed by atoms with E-state index in [1.807, 2.05) is 0 Å². The third kappa shape index (κ3) is 1.86. The molecule has 1 heterocycles. The molecule has 0 aromatic heterocycles. The molecule has 2 N–H and O–H groups in total. The first-order chi connectivity index (χ1) is 9.06. The predicted octanol–water partition coefficient (Wildman–Crippen LogP) is -0.501. The zero-order valence-corrected chi connectivity index (χ0v) is 11.6. The lowest BCUT2D eigenvalue weighted by atomic mass is 10.0. The van der Waals surface area contributed by atoms with Gasteiger partial charge in [-0.1, -0.05) is 0 Å². The number of carbonyl (C=O) groups is 1. The van der Waals surface area contributed by atoms with Gasteiger partial charge >= 0.3 is 5.97 Å². The van der Waals surface area contributed by atoms with Crippen molar-refractivity contribution in [1.29, 1.82) is 0 Å². The van der Waals surface area contributed by atoms with Crippen LogP contribution in [0.5, 0.6) is 0 Å². The van der Waals surface area contributed by atoms with E-state index >= 15 is 0 Å². The van der Waals surface area contributed by atoms with Gasteiger partial charge in [-0.15, -0.1) is 0 Å². The maximum absolute atomic E-state index is 11.8. The molecule has 2 aliphatic rings. The summed E-state index contributed by atoms with van der Waals surface area (Å²) < 4.78 is 21.2. The number of hydrogen-bond acceptors (Lipinski definition) is 6. The Morgan fingerprint density at radius 2 is 2.11 bits per heavy atom. The highest BCUT2D eigenvalue weighted by atomic mass is 32.1. The number of allylic oxidation sites excluding steroid dienone is 4. The number of esters is 1. The minimum absolute atomic E-state index is 0.298. The van der Waals surface area contributed by atoms with Gasteiger partial charge in [0.1, 0.15) is 21.9 Å². The maximum Gasteiger partial charge on any atom is 0.334 e. The summed E-state index contributed by atoms with van der Waals surface area (Å²) in [6, 6.07) is -0.710. The van der Waals surface area contributed by atoms with Crippen LogP contribution < -0.4 is 5.73 Å². The van der Waals surface area contributed by atoms with Crippen LogP contribution in [0.3, 0.4) is 0 Å². The van der Waals surface area contributed by atoms with Gasteiger partial charge in [0.05, 0.1) is 19.9 Å². The molecule has 6 nitrogen and oxygen atoms in total. The van der Waals surface area contributed by atoms with Gasteiger partial charge in [0.25, 0.3) is 0 Å². The molecule has 1 atom stereocenters. The zero-order chi connectivity index (χ0) is 14.2. The second-order valence-electron chi connectivity index (χ2n) is 4.07. The van der Waals surface area contributed by atoms with Crippen LogP contribution in [0.4, 0.5) is 0 Å². The van der Waals surface area contributed by atoms with E-state index in [4.69, 9.17) is 15.2 Å². The Bertz CT molecular complexity index is 585. The number of likely N-dealkylation sites (N-methyl/N-ethyl adjacent to an activating group) is 1. The quantitative estimate of drug-likeness (QED) is 0.543.